The van der Waals surface area contributed by atoms with Crippen LogP contribution in [0, 0.1) is 0 Å². The summed E-state index contributed by atoms with van der Waals surface area (Å²) in [6.45, 7) is 9.87. The van der Waals surface area contributed by atoms with Gasteiger partial charge < -0.3 is 9.88 Å². The van der Waals surface area contributed by atoms with E-state index in [1.807, 2.05) is 59.5 Å². The Morgan fingerprint density at radius 2 is 1.59 bits per heavy atom. The Morgan fingerprint density at radius 1 is 0.931 bits per heavy atom. The van der Waals surface area contributed by atoms with Crippen LogP contribution in [0.4, 0.5) is 0 Å². The van der Waals surface area contributed by atoms with E-state index in [1.54, 1.807) is 0 Å². The van der Waals surface area contributed by atoms with Gasteiger partial charge in [-0.2, -0.15) is 0 Å². The summed E-state index contributed by atoms with van der Waals surface area (Å²) in [5, 5.41) is 0.985. The zero-order valence-corrected chi connectivity index (χ0v) is 17.2. The smallest absolute Gasteiger partial charge is 0.256 e. The molecule has 0 radical (unpaired) electrons. The van der Waals surface area contributed by atoms with E-state index in [1.165, 1.54) is 0 Å². The Morgan fingerprint density at radius 3 is 2.24 bits per heavy atom. The number of benzene rings is 2. The van der Waals surface area contributed by atoms with Crippen molar-refractivity contribution in [2.75, 3.05) is 26.2 Å². The van der Waals surface area contributed by atoms with Crippen molar-refractivity contribution in [1.82, 2.24) is 14.8 Å². The number of H-pyrrole nitrogens is 1. The first-order chi connectivity index (χ1) is 13.8. The third kappa shape index (κ3) is 3.96. The predicted molar refractivity (Wildman–Crippen MR) is 117 cm³/mol. The molecule has 4 rings (SSSR count). The second-order valence-corrected chi connectivity index (χ2v) is 8.63. The molecule has 0 aliphatic carbocycles. The van der Waals surface area contributed by atoms with Crippen molar-refractivity contribution in [1.29, 1.82) is 0 Å². The molecule has 1 amide bonds. The number of nitrogens with one attached hydrogen (secondary N) is 1. The zero-order valence-electron chi connectivity index (χ0n) is 17.2. The number of rotatable bonds is 2. The summed E-state index contributed by atoms with van der Waals surface area (Å²) in [4.78, 5) is 32.6. The van der Waals surface area contributed by atoms with Gasteiger partial charge in [0, 0.05) is 48.4 Å². The quantitative estimate of drug-likeness (QED) is 0.726. The van der Waals surface area contributed by atoms with Crippen molar-refractivity contribution in [2.24, 2.45) is 0 Å². The fourth-order valence-corrected chi connectivity index (χ4v) is 3.92. The van der Waals surface area contributed by atoms with Gasteiger partial charge in [-0.05, 0) is 56.0 Å². The number of hydrogen-bond donors (Lipinski definition) is 1. The molecule has 0 spiro atoms. The monoisotopic (exact) mass is 389 g/mol. The van der Waals surface area contributed by atoms with Gasteiger partial charge in [0.05, 0.1) is 0 Å². The molecule has 2 aromatic carbocycles. The fourth-order valence-electron chi connectivity index (χ4n) is 3.92. The first-order valence-electron chi connectivity index (χ1n) is 10.1. The maximum atomic E-state index is 12.9. The van der Waals surface area contributed by atoms with Crippen LogP contribution in [-0.2, 0) is 0 Å². The van der Waals surface area contributed by atoms with E-state index in [0.717, 1.165) is 42.6 Å². The Bertz CT molecular complexity index is 1090. The largest absolute Gasteiger partial charge is 0.336 e. The van der Waals surface area contributed by atoms with E-state index in [2.05, 4.69) is 30.7 Å². The first kappa shape index (κ1) is 19.4. The molecule has 1 aliphatic heterocycles. The lowest BCUT2D eigenvalue weighted by Crippen LogP contribution is -2.54. The number of pyridine rings is 1. The highest BCUT2D eigenvalue weighted by Crippen LogP contribution is 2.21. The van der Waals surface area contributed by atoms with Crippen LogP contribution in [0.5, 0.6) is 0 Å². The molecule has 29 heavy (non-hydrogen) atoms. The van der Waals surface area contributed by atoms with Gasteiger partial charge in [-0.25, -0.2) is 0 Å². The SMILES string of the molecule is CC(C)(C)N1CCN(C(=O)c2ccc(-c3cc4ccccc4[nH]c3=O)cc2)CC1. The van der Waals surface area contributed by atoms with E-state index >= 15 is 0 Å². The molecular formula is C24H27N3O2. The number of fused-ring (bicyclic) bond motifs is 1. The van der Waals surface area contributed by atoms with Gasteiger partial charge >= 0.3 is 0 Å². The van der Waals surface area contributed by atoms with Gasteiger partial charge in [-0.1, -0.05) is 30.3 Å². The van der Waals surface area contributed by atoms with Gasteiger partial charge in [0.15, 0.2) is 0 Å². The molecule has 0 bridgehead atoms. The number of aromatic amines is 1. The van der Waals surface area contributed by atoms with E-state index < -0.39 is 0 Å². The molecule has 1 N–H and O–H groups in total. The Labute approximate surface area is 171 Å². The average Bonchev–Trinajstić information content (AvgIpc) is 2.72. The minimum absolute atomic E-state index is 0.0533. The van der Waals surface area contributed by atoms with Crippen LogP contribution in [0.1, 0.15) is 31.1 Å². The maximum absolute atomic E-state index is 12.9. The summed E-state index contributed by atoms with van der Waals surface area (Å²) in [6.07, 6.45) is 0. The van der Waals surface area contributed by atoms with Gasteiger partial charge in [0.2, 0.25) is 0 Å². The van der Waals surface area contributed by atoms with Crippen LogP contribution < -0.4 is 5.56 Å². The minimum atomic E-state index is -0.124. The number of para-hydroxylation sites is 1. The van der Waals surface area contributed by atoms with Crippen LogP contribution in [0.25, 0.3) is 22.0 Å². The minimum Gasteiger partial charge on any atom is -0.336 e. The highest BCUT2D eigenvalue weighted by molar-refractivity contribution is 5.95. The summed E-state index contributed by atoms with van der Waals surface area (Å²) in [5.74, 6) is 0.0533. The van der Waals surface area contributed by atoms with Crippen LogP contribution in [0.2, 0.25) is 0 Å². The number of nitrogens with zero attached hydrogens (tertiary/aromatic N) is 2. The normalized spacial score (nSPS) is 15.6. The summed E-state index contributed by atoms with van der Waals surface area (Å²) < 4.78 is 0. The number of hydrogen-bond acceptors (Lipinski definition) is 3. The number of carbonyl (C=O) groups is 1. The van der Waals surface area contributed by atoms with Crippen LogP contribution in [0.15, 0.2) is 59.4 Å². The van der Waals surface area contributed by atoms with E-state index in [9.17, 15) is 9.59 Å². The lowest BCUT2D eigenvalue weighted by atomic mass is 10.0. The van der Waals surface area contributed by atoms with Crippen LogP contribution >= 0.6 is 0 Å². The molecule has 150 valence electrons. The lowest BCUT2D eigenvalue weighted by molar-refractivity contribution is 0.0451. The van der Waals surface area contributed by atoms with Gasteiger partial charge in [0.25, 0.3) is 11.5 Å². The topological polar surface area (TPSA) is 56.4 Å². The standard InChI is InChI=1S/C24H27N3O2/c1-24(2,3)27-14-12-26(13-15-27)23(29)18-10-8-17(9-11-18)20-16-19-6-4-5-7-21(19)25-22(20)28/h4-11,16H,12-15H2,1-3H3,(H,25,28). The third-order valence-corrected chi connectivity index (χ3v) is 5.71. The molecule has 2 heterocycles. The van der Waals surface area contributed by atoms with Crippen molar-refractivity contribution in [3.05, 3.63) is 70.5 Å². The highest BCUT2D eigenvalue weighted by Gasteiger charge is 2.28. The number of carbonyl (C=O) groups excluding carboxylic acids is 1. The zero-order chi connectivity index (χ0) is 20.6. The highest BCUT2D eigenvalue weighted by atomic mass is 16.2. The molecule has 0 atom stereocenters. The molecule has 1 saturated heterocycles. The molecule has 3 aromatic rings. The van der Waals surface area contributed by atoms with Crippen molar-refractivity contribution >= 4 is 16.8 Å². The van der Waals surface area contributed by atoms with Crippen LogP contribution in [-0.4, -0.2) is 52.4 Å². The number of piperazine rings is 1. The van der Waals surface area contributed by atoms with Gasteiger partial charge in [-0.15, -0.1) is 0 Å². The summed E-state index contributed by atoms with van der Waals surface area (Å²) >= 11 is 0. The first-order valence-corrected chi connectivity index (χ1v) is 10.1. The summed E-state index contributed by atoms with van der Waals surface area (Å²) in [6, 6.07) is 17.0. The predicted octanol–water partition coefficient (Wildman–Crippen LogP) is 3.75. The molecule has 5 nitrogen and oxygen atoms in total. The molecule has 5 heteroatoms. The lowest BCUT2D eigenvalue weighted by Gasteiger charge is -2.42. The van der Waals surface area contributed by atoms with E-state index in [-0.39, 0.29) is 17.0 Å². The second kappa shape index (κ2) is 7.48. The maximum Gasteiger partial charge on any atom is 0.256 e. The van der Waals surface area contributed by atoms with Crippen molar-refractivity contribution in [3.63, 3.8) is 0 Å². The Kier molecular flexibility index (Phi) is 5.01. The number of amides is 1. The molecule has 0 saturated carbocycles. The Balaban J connectivity index is 1.52. The van der Waals surface area contributed by atoms with E-state index in [4.69, 9.17) is 0 Å². The third-order valence-electron chi connectivity index (χ3n) is 5.71. The van der Waals surface area contributed by atoms with Crippen molar-refractivity contribution < 1.29 is 4.79 Å². The average molecular weight is 389 g/mol. The molecule has 0 unspecified atom stereocenters. The van der Waals surface area contributed by atoms with Crippen LogP contribution in [0.3, 0.4) is 0 Å². The molecule has 1 aliphatic rings. The van der Waals surface area contributed by atoms with E-state index in [0.29, 0.717) is 11.1 Å². The molecular weight excluding hydrogens is 362 g/mol. The molecule has 1 fully saturated rings. The Hall–Kier alpha value is -2.92. The van der Waals surface area contributed by atoms with Crippen molar-refractivity contribution in [3.8, 4) is 11.1 Å². The number of aromatic nitrogens is 1. The second-order valence-electron chi connectivity index (χ2n) is 8.63. The summed E-state index contributed by atoms with van der Waals surface area (Å²) in [7, 11) is 0. The van der Waals surface area contributed by atoms with Crippen molar-refractivity contribution in [2.45, 2.75) is 26.3 Å². The summed E-state index contributed by atoms with van der Waals surface area (Å²) in [5.41, 5.74) is 2.91. The van der Waals surface area contributed by atoms with Gasteiger partial charge in [-0.3, -0.25) is 14.5 Å². The van der Waals surface area contributed by atoms with Gasteiger partial charge in [0.1, 0.15) is 0 Å². The fraction of sp³-hybridized carbons (Fsp3) is 0.333. The molecule has 1 aromatic heterocycles.